The summed E-state index contributed by atoms with van der Waals surface area (Å²) in [4.78, 5) is 22.9. The van der Waals surface area contributed by atoms with Gasteiger partial charge in [0, 0.05) is 30.5 Å². The monoisotopic (exact) mass is 300 g/mol. The van der Waals surface area contributed by atoms with Crippen LogP contribution in [0.5, 0.6) is 0 Å². The van der Waals surface area contributed by atoms with Gasteiger partial charge in [-0.2, -0.15) is 5.26 Å². The summed E-state index contributed by atoms with van der Waals surface area (Å²) >= 11 is 0. The third kappa shape index (κ3) is 5.67. The Labute approximate surface area is 130 Å². The maximum atomic E-state index is 12.0. The predicted molar refractivity (Wildman–Crippen MR) is 86.0 cm³/mol. The van der Waals surface area contributed by atoms with E-state index in [0.717, 1.165) is 6.42 Å². The summed E-state index contributed by atoms with van der Waals surface area (Å²) in [6, 6.07) is 8.70. The van der Waals surface area contributed by atoms with Gasteiger partial charge < -0.3 is 16.0 Å². The lowest BCUT2D eigenvalue weighted by Gasteiger charge is -2.09. The first-order valence-electron chi connectivity index (χ1n) is 7.01. The molecule has 0 bridgehead atoms. The zero-order valence-corrected chi connectivity index (χ0v) is 12.9. The first-order valence-corrected chi connectivity index (χ1v) is 7.01. The molecule has 0 saturated heterocycles. The summed E-state index contributed by atoms with van der Waals surface area (Å²) in [6.07, 6.45) is 2.32. The average molecular weight is 300 g/mol. The molecule has 0 heterocycles. The molecular weight excluding hydrogens is 280 g/mol. The van der Waals surface area contributed by atoms with E-state index in [1.54, 1.807) is 24.3 Å². The van der Waals surface area contributed by atoms with Crippen LogP contribution in [-0.4, -0.2) is 17.9 Å². The fourth-order valence-electron chi connectivity index (χ4n) is 1.53. The van der Waals surface area contributed by atoms with Crippen LogP contribution in [0, 0.1) is 11.3 Å². The molecule has 3 N–H and O–H groups in total. The smallest absolute Gasteiger partial charge is 0.267 e. The molecule has 1 unspecified atom stereocenters. The van der Waals surface area contributed by atoms with Crippen molar-refractivity contribution in [1.29, 1.82) is 5.26 Å². The van der Waals surface area contributed by atoms with E-state index in [1.807, 2.05) is 19.9 Å². The van der Waals surface area contributed by atoms with Gasteiger partial charge in [0.1, 0.15) is 11.6 Å². The van der Waals surface area contributed by atoms with Crippen molar-refractivity contribution < 1.29 is 9.59 Å². The van der Waals surface area contributed by atoms with Crippen LogP contribution in [0.1, 0.15) is 27.2 Å². The van der Waals surface area contributed by atoms with Gasteiger partial charge in [-0.25, -0.2) is 0 Å². The summed E-state index contributed by atoms with van der Waals surface area (Å²) in [5.74, 6) is -0.645. The molecule has 6 heteroatoms. The van der Waals surface area contributed by atoms with E-state index in [-0.39, 0.29) is 17.5 Å². The van der Waals surface area contributed by atoms with Crippen molar-refractivity contribution in [2.24, 2.45) is 0 Å². The molecule has 0 aliphatic rings. The third-order valence-electron chi connectivity index (χ3n) is 2.95. The quantitative estimate of drug-likeness (QED) is 0.555. The molecule has 0 spiro atoms. The van der Waals surface area contributed by atoms with E-state index < -0.39 is 5.91 Å². The van der Waals surface area contributed by atoms with E-state index in [4.69, 9.17) is 5.26 Å². The normalized spacial score (nSPS) is 12.0. The van der Waals surface area contributed by atoms with Crippen LogP contribution in [0.25, 0.3) is 0 Å². The van der Waals surface area contributed by atoms with Gasteiger partial charge in [-0.3, -0.25) is 9.59 Å². The lowest BCUT2D eigenvalue weighted by Crippen LogP contribution is -2.22. The molecule has 1 atom stereocenters. The summed E-state index contributed by atoms with van der Waals surface area (Å²) in [5.41, 5.74) is 1.19. The van der Waals surface area contributed by atoms with Crippen molar-refractivity contribution >= 4 is 23.2 Å². The van der Waals surface area contributed by atoms with Crippen LogP contribution in [0.15, 0.2) is 36.0 Å². The van der Waals surface area contributed by atoms with E-state index in [2.05, 4.69) is 16.0 Å². The van der Waals surface area contributed by atoms with E-state index in [9.17, 15) is 9.59 Å². The lowest BCUT2D eigenvalue weighted by atomic mass is 10.2. The zero-order chi connectivity index (χ0) is 16.5. The first kappa shape index (κ1) is 17.2. The fourth-order valence-corrected chi connectivity index (χ4v) is 1.53. The van der Waals surface area contributed by atoms with Gasteiger partial charge in [0.25, 0.3) is 5.91 Å². The van der Waals surface area contributed by atoms with E-state index in [1.165, 1.54) is 13.1 Å². The lowest BCUT2D eigenvalue weighted by molar-refractivity contribution is -0.114. The Balaban J connectivity index is 2.70. The number of nitriles is 1. The minimum absolute atomic E-state index is 0.00578. The molecule has 0 radical (unpaired) electrons. The third-order valence-corrected chi connectivity index (χ3v) is 2.95. The molecular formula is C16H20N4O2. The van der Waals surface area contributed by atoms with Crippen LogP contribution in [0.2, 0.25) is 0 Å². The Morgan fingerprint density at radius 3 is 2.23 bits per heavy atom. The van der Waals surface area contributed by atoms with Gasteiger partial charge in [0.05, 0.1) is 0 Å². The summed E-state index contributed by atoms with van der Waals surface area (Å²) < 4.78 is 0. The molecule has 0 aliphatic carbocycles. The number of hydrogen-bond acceptors (Lipinski definition) is 4. The second kappa shape index (κ2) is 8.47. The van der Waals surface area contributed by atoms with Gasteiger partial charge in [0.15, 0.2) is 0 Å². The average Bonchev–Trinajstić information content (AvgIpc) is 2.49. The van der Waals surface area contributed by atoms with Crippen molar-refractivity contribution in [3.63, 3.8) is 0 Å². The van der Waals surface area contributed by atoms with Crippen molar-refractivity contribution in [2.45, 2.75) is 33.2 Å². The van der Waals surface area contributed by atoms with Gasteiger partial charge >= 0.3 is 0 Å². The second-order valence-corrected chi connectivity index (χ2v) is 4.86. The molecule has 0 saturated carbocycles. The van der Waals surface area contributed by atoms with Gasteiger partial charge in [-0.1, -0.05) is 6.92 Å². The Bertz CT molecular complexity index is 600. The van der Waals surface area contributed by atoms with Crippen molar-refractivity contribution in [3.05, 3.63) is 36.0 Å². The Kier molecular flexibility index (Phi) is 6.64. The standard InChI is InChI=1S/C16H20N4O2/c1-4-11(2)18-10-13(9-17)16(22)20-15-7-5-14(6-8-15)19-12(3)21/h5-8,10-11,18H,4H2,1-3H3,(H,19,21)(H,20,22)/b13-10-. The molecule has 22 heavy (non-hydrogen) atoms. The highest BCUT2D eigenvalue weighted by molar-refractivity contribution is 6.06. The molecule has 1 aromatic rings. The number of amides is 2. The molecule has 2 amide bonds. The Hall–Kier alpha value is -2.81. The second-order valence-electron chi connectivity index (χ2n) is 4.86. The van der Waals surface area contributed by atoms with E-state index in [0.29, 0.717) is 11.4 Å². The zero-order valence-electron chi connectivity index (χ0n) is 12.9. The van der Waals surface area contributed by atoms with Gasteiger partial charge in [-0.05, 0) is 37.6 Å². The molecule has 0 aliphatic heterocycles. The molecule has 1 rings (SSSR count). The number of nitrogens with zero attached hydrogens (tertiary/aromatic N) is 1. The van der Waals surface area contributed by atoms with Gasteiger partial charge in [0.2, 0.25) is 5.91 Å². The topological polar surface area (TPSA) is 94.0 Å². The first-order chi connectivity index (χ1) is 10.5. The number of anilines is 2. The highest BCUT2D eigenvalue weighted by atomic mass is 16.2. The Morgan fingerprint density at radius 1 is 1.23 bits per heavy atom. The highest BCUT2D eigenvalue weighted by Crippen LogP contribution is 2.14. The van der Waals surface area contributed by atoms with Crippen LogP contribution in [0.4, 0.5) is 11.4 Å². The number of benzene rings is 1. The highest BCUT2D eigenvalue weighted by Gasteiger charge is 2.09. The number of carbonyl (C=O) groups is 2. The van der Waals surface area contributed by atoms with Crippen molar-refractivity contribution in [2.75, 3.05) is 10.6 Å². The maximum Gasteiger partial charge on any atom is 0.267 e. The Morgan fingerprint density at radius 2 is 1.77 bits per heavy atom. The summed E-state index contributed by atoms with van der Waals surface area (Å²) in [6.45, 7) is 5.39. The van der Waals surface area contributed by atoms with Crippen LogP contribution in [-0.2, 0) is 9.59 Å². The minimum atomic E-state index is -0.481. The van der Waals surface area contributed by atoms with E-state index >= 15 is 0 Å². The summed E-state index contributed by atoms with van der Waals surface area (Å²) in [7, 11) is 0. The summed E-state index contributed by atoms with van der Waals surface area (Å²) in [5, 5.41) is 17.3. The van der Waals surface area contributed by atoms with Crippen molar-refractivity contribution in [1.82, 2.24) is 5.32 Å². The molecule has 1 aromatic carbocycles. The molecule has 116 valence electrons. The van der Waals surface area contributed by atoms with Crippen LogP contribution in [0.3, 0.4) is 0 Å². The number of nitrogens with one attached hydrogen (secondary N) is 3. The molecule has 0 aromatic heterocycles. The molecule has 6 nitrogen and oxygen atoms in total. The van der Waals surface area contributed by atoms with Crippen LogP contribution >= 0.6 is 0 Å². The van der Waals surface area contributed by atoms with Crippen molar-refractivity contribution in [3.8, 4) is 6.07 Å². The van der Waals surface area contributed by atoms with Crippen LogP contribution < -0.4 is 16.0 Å². The fraction of sp³-hybridized carbons (Fsp3) is 0.312. The number of rotatable bonds is 6. The predicted octanol–water partition coefficient (Wildman–Crippen LogP) is 2.38. The van der Waals surface area contributed by atoms with Gasteiger partial charge in [-0.15, -0.1) is 0 Å². The largest absolute Gasteiger partial charge is 0.387 e. The minimum Gasteiger partial charge on any atom is -0.387 e. The maximum absolute atomic E-state index is 12.0. The number of hydrogen-bond donors (Lipinski definition) is 3. The molecule has 0 fully saturated rings. The SMILES string of the molecule is CCC(C)N/C=C(/C#N)C(=O)Nc1ccc(NC(C)=O)cc1. The number of carbonyl (C=O) groups excluding carboxylic acids is 2.